The Kier molecular flexibility index (Phi) is 6.25. The molecule has 1 aromatic carbocycles. The predicted octanol–water partition coefficient (Wildman–Crippen LogP) is 1.64. The third kappa shape index (κ3) is 4.74. The Morgan fingerprint density at radius 2 is 1.83 bits per heavy atom. The monoisotopic (exact) mass is 339 g/mol. The Morgan fingerprint density at radius 1 is 1.17 bits per heavy atom. The van der Waals surface area contributed by atoms with Gasteiger partial charge in [0.2, 0.25) is 5.91 Å². The smallest absolute Gasteiger partial charge is 0.254 e. The molecule has 2 amide bonds. The number of amides is 2. The number of piperazine rings is 1. The molecule has 1 saturated heterocycles. The van der Waals surface area contributed by atoms with Crippen LogP contribution in [0, 0.1) is 11.6 Å². The molecule has 1 aliphatic rings. The number of nitrogens with zero attached hydrogens (tertiary/aromatic N) is 2. The van der Waals surface area contributed by atoms with E-state index in [-0.39, 0.29) is 24.4 Å². The first-order chi connectivity index (χ1) is 11.4. The van der Waals surface area contributed by atoms with E-state index in [0.29, 0.717) is 25.2 Å². The summed E-state index contributed by atoms with van der Waals surface area (Å²) in [7, 11) is 0. The molecule has 0 saturated carbocycles. The highest BCUT2D eigenvalue weighted by Crippen LogP contribution is 2.10. The molecule has 0 aliphatic carbocycles. The molecule has 132 valence electrons. The normalized spacial score (nSPS) is 15.6. The zero-order valence-corrected chi connectivity index (χ0v) is 14.0. The number of carbonyl (C=O) groups is 2. The fourth-order valence-corrected chi connectivity index (χ4v) is 2.70. The van der Waals surface area contributed by atoms with Crippen molar-refractivity contribution >= 4 is 11.8 Å². The molecule has 0 aromatic heterocycles. The van der Waals surface area contributed by atoms with Crippen molar-refractivity contribution in [3.8, 4) is 0 Å². The van der Waals surface area contributed by atoms with Crippen molar-refractivity contribution in [2.75, 3.05) is 32.7 Å². The highest BCUT2D eigenvalue weighted by molar-refractivity contribution is 5.94. The van der Waals surface area contributed by atoms with Gasteiger partial charge in [-0.3, -0.25) is 14.5 Å². The number of hydrogen-bond acceptors (Lipinski definition) is 3. The van der Waals surface area contributed by atoms with Crippen molar-refractivity contribution in [3.05, 3.63) is 35.4 Å². The lowest BCUT2D eigenvalue weighted by Crippen LogP contribution is -2.51. The lowest BCUT2D eigenvalue weighted by molar-refractivity contribution is -0.133. The van der Waals surface area contributed by atoms with Gasteiger partial charge in [-0.15, -0.1) is 0 Å². The number of benzene rings is 1. The first-order valence-corrected chi connectivity index (χ1v) is 8.13. The van der Waals surface area contributed by atoms with Crippen LogP contribution in [0.25, 0.3) is 0 Å². The van der Waals surface area contributed by atoms with Crippen LogP contribution in [0.15, 0.2) is 18.2 Å². The summed E-state index contributed by atoms with van der Waals surface area (Å²) < 4.78 is 26.3. The summed E-state index contributed by atoms with van der Waals surface area (Å²) >= 11 is 0. The zero-order valence-electron chi connectivity index (χ0n) is 14.0. The van der Waals surface area contributed by atoms with Gasteiger partial charge in [0.05, 0.1) is 5.56 Å². The second kappa shape index (κ2) is 8.19. The minimum Gasteiger partial charge on any atom is -0.351 e. The van der Waals surface area contributed by atoms with E-state index >= 15 is 0 Å². The summed E-state index contributed by atoms with van der Waals surface area (Å²) in [5, 5.41) is 2.50. The predicted molar refractivity (Wildman–Crippen MR) is 86.6 cm³/mol. The van der Waals surface area contributed by atoms with Crippen molar-refractivity contribution < 1.29 is 18.4 Å². The van der Waals surface area contributed by atoms with Crippen LogP contribution in [-0.4, -0.2) is 60.4 Å². The Bertz CT molecular complexity index is 599. The van der Waals surface area contributed by atoms with E-state index in [1.54, 1.807) is 4.90 Å². The van der Waals surface area contributed by atoms with Gasteiger partial charge < -0.3 is 10.2 Å². The van der Waals surface area contributed by atoms with Crippen molar-refractivity contribution in [3.63, 3.8) is 0 Å². The molecule has 1 aliphatic heterocycles. The molecule has 1 heterocycles. The summed E-state index contributed by atoms with van der Waals surface area (Å²) in [6.45, 7) is 7.42. The highest BCUT2D eigenvalue weighted by Gasteiger charge is 2.22. The van der Waals surface area contributed by atoms with Crippen LogP contribution >= 0.6 is 0 Å². The molecule has 1 N–H and O–H groups in total. The zero-order chi connectivity index (χ0) is 17.7. The third-order valence-corrected chi connectivity index (χ3v) is 4.20. The molecule has 0 atom stereocenters. The van der Waals surface area contributed by atoms with E-state index in [1.165, 1.54) is 0 Å². The standard InChI is InChI=1S/C17H23F2N3O2/c1-12(2)21-7-9-22(10-8-21)16(23)5-6-20-17(24)14-4-3-13(18)11-15(14)19/h3-4,11-12H,5-10H2,1-2H3,(H,20,24). The lowest BCUT2D eigenvalue weighted by atomic mass is 10.2. The number of carbonyl (C=O) groups excluding carboxylic acids is 2. The Balaban J connectivity index is 1.75. The first kappa shape index (κ1) is 18.3. The number of rotatable bonds is 5. The van der Waals surface area contributed by atoms with Gasteiger partial charge in [0.25, 0.3) is 5.91 Å². The number of halogens is 2. The largest absolute Gasteiger partial charge is 0.351 e. The van der Waals surface area contributed by atoms with E-state index in [9.17, 15) is 18.4 Å². The highest BCUT2D eigenvalue weighted by atomic mass is 19.1. The average Bonchev–Trinajstić information content (AvgIpc) is 2.54. The van der Waals surface area contributed by atoms with Crippen molar-refractivity contribution in [2.24, 2.45) is 0 Å². The summed E-state index contributed by atoms with van der Waals surface area (Å²) in [4.78, 5) is 28.1. The van der Waals surface area contributed by atoms with Crippen molar-refractivity contribution in [1.29, 1.82) is 0 Å². The molecule has 0 radical (unpaired) electrons. The Labute approximate surface area is 140 Å². The number of hydrogen-bond donors (Lipinski definition) is 1. The molecule has 1 fully saturated rings. The Hall–Kier alpha value is -2.02. The summed E-state index contributed by atoms with van der Waals surface area (Å²) in [5.41, 5.74) is -0.227. The molecular formula is C17H23F2N3O2. The van der Waals surface area contributed by atoms with Gasteiger partial charge in [0.1, 0.15) is 11.6 Å². The maximum absolute atomic E-state index is 13.5. The SMILES string of the molecule is CC(C)N1CCN(C(=O)CCNC(=O)c2ccc(F)cc2F)CC1. The molecule has 2 rings (SSSR count). The topological polar surface area (TPSA) is 52.6 Å². The van der Waals surface area contributed by atoms with Crippen LogP contribution in [0.1, 0.15) is 30.6 Å². The van der Waals surface area contributed by atoms with Gasteiger partial charge in [-0.05, 0) is 26.0 Å². The summed E-state index contributed by atoms with van der Waals surface area (Å²) in [6.07, 6.45) is 0.163. The van der Waals surface area contributed by atoms with Crippen LogP contribution in [-0.2, 0) is 4.79 Å². The van der Waals surface area contributed by atoms with Crippen LogP contribution in [0.3, 0.4) is 0 Å². The van der Waals surface area contributed by atoms with E-state index in [0.717, 1.165) is 25.2 Å². The fraction of sp³-hybridized carbons (Fsp3) is 0.529. The van der Waals surface area contributed by atoms with Gasteiger partial charge >= 0.3 is 0 Å². The fourth-order valence-electron chi connectivity index (χ4n) is 2.70. The van der Waals surface area contributed by atoms with Gasteiger partial charge in [-0.25, -0.2) is 8.78 Å². The molecule has 5 nitrogen and oxygen atoms in total. The van der Waals surface area contributed by atoms with E-state index in [1.807, 2.05) is 0 Å². The second-order valence-corrected chi connectivity index (χ2v) is 6.14. The summed E-state index contributed by atoms with van der Waals surface area (Å²) in [5.74, 6) is -2.33. The van der Waals surface area contributed by atoms with Crippen LogP contribution < -0.4 is 5.32 Å². The van der Waals surface area contributed by atoms with E-state index in [2.05, 4.69) is 24.1 Å². The molecule has 7 heteroatoms. The molecule has 0 unspecified atom stereocenters. The molecule has 24 heavy (non-hydrogen) atoms. The van der Waals surface area contributed by atoms with Gasteiger partial charge in [0, 0.05) is 51.3 Å². The minimum atomic E-state index is -0.913. The molecule has 0 spiro atoms. The lowest BCUT2D eigenvalue weighted by Gasteiger charge is -2.37. The van der Waals surface area contributed by atoms with Crippen LogP contribution in [0.5, 0.6) is 0 Å². The number of nitrogens with one attached hydrogen (secondary N) is 1. The van der Waals surface area contributed by atoms with E-state index < -0.39 is 17.5 Å². The maximum Gasteiger partial charge on any atom is 0.254 e. The van der Waals surface area contributed by atoms with Crippen LogP contribution in [0.2, 0.25) is 0 Å². The van der Waals surface area contributed by atoms with Gasteiger partial charge in [-0.2, -0.15) is 0 Å². The van der Waals surface area contributed by atoms with Crippen molar-refractivity contribution in [2.45, 2.75) is 26.3 Å². The van der Waals surface area contributed by atoms with Gasteiger partial charge in [0.15, 0.2) is 0 Å². The maximum atomic E-state index is 13.5. The average molecular weight is 339 g/mol. The van der Waals surface area contributed by atoms with Crippen molar-refractivity contribution in [1.82, 2.24) is 15.1 Å². The Morgan fingerprint density at radius 3 is 2.42 bits per heavy atom. The summed E-state index contributed by atoms with van der Waals surface area (Å²) in [6, 6.07) is 3.24. The third-order valence-electron chi connectivity index (χ3n) is 4.20. The minimum absolute atomic E-state index is 0.0294. The quantitative estimate of drug-likeness (QED) is 0.887. The molecular weight excluding hydrogens is 316 g/mol. The molecule has 1 aromatic rings. The first-order valence-electron chi connectivity index (χ1n) is 8.13. The molecule has 0 bridgehead atoms. The van der Waals surface area contributed by atoms with Gasteiger partial charge in [-0.1, -0.05) is 0 Å². The van der Waals surface area contributed by atoms with E-state index in [4.69, 9.17) is 0 Å². The van der Waals surface area contributed by atoms with Crippen LogP contribution in [0.4, 0.5) is 8.78 Å². The second-order valence-electron chi connectivity index (χ2n) is 6.14.